The standard InChI is InChI=1S/C24H18BrClFNO2/c1-2-29-23-13-17(10-18(14-28)20-8-3-4-9-22(20)26)12-21(25)24(23)30-15-16-6-5-7-19(27)11-16/h3-13H,2,15H2,1H3. The Morgan fingerprint density at radius 2 is 1.93 bits per heavy atom. The van der Waals surface area contributed by atoms with Crippen molar-refractivity contribution < 1.29 is 13.9 Å². The Morgan fingerprint density at radius 1 is 1.13 bits per heavy atom. The molecule has 0 atom stereocenters. The number of nitriles is 1. The largest absolute Gasteiger partial charge is 0.490 e. The minimum absolute atomic E-state index is 0.189. The first-order valence-corrected chi connectivity index (χ1v) is 10.4. The van der Waals surface area contributed by atoms with E-state index >= 15 is 0 Å². The molecule has 0 amide bonds. The fraction of sp³-hybridized carbons (Fsp3) is 0.125. The Hall–Kier alpha value is -2.81. The molecule has 3 rings (SSSR count). The van der Waals surface area contributed by atoms with Crippen molar-refractivity contribution in [1.82, 2.24) is 0 Å². The number of allylic oxidation sites excluding steroid dienone is 1. The molecule has 0 unspecified atom stereocenters. The molecule has 0 saturated carbocycles. The molecule has 152 valence electrons. The van der Waals surface area contributed by atoms with Gasteiger partial charge >= 0.3 is 0 Å². The number of ether oxygens (including phenoxy) is 2. The first kappa shape index (κ1) is 21.9. The van der Waals surface area contributed by atoms with Gasteiger partial charge in [0.1, 0.15) is 12.4 Å². The average Bonchev–Trinajstić information content (AvgIpc) is 2.72. The van der Waals surface area contributed by atoms with Crippen LogP contribution in [0.4, 0.5) is 4.39 Å². The Morgan fingerprint density at radius 3 is 2.63 bits per heavy atom. The summed E-state index contributed by atoms with van der Waals surface area (Å²) in [6, 6.07) is 19.2. The molecular formula is C24H18BrClFNO2. The molecule has 30 heavy (non-hydrogen) atoms. The molecule has 3 aromatic rings. The lowest BCUT2D eigenvalue weighted by atomic mass is 10.0. The highest BCUT2D eigenvalue weighted by Gasteiger charge is 2.14. The van der Waals surface area contributed by atoms with E-state index < -0.39 is 0 Å². The molecule has 0 aromatic heterocycles. The van der Waals surface area contributed by atoms with E-state index in [9.17, 15) is 9.65 Å². The minimum atomic E-state index is -0.315. The van der Waals surface area contributed by atoms with Gasteiger partial charge in [0, 0.05) is 10.6 Å². The van der Waals surface area contributed by atoms with Crippen LogP contribution in [0.25, 0.3) is 11.6 Å². The first-order chi connectivity index (χ1) is 14.5. The summed E-state index contributed by atoms with van der Waals surface area (Å²) in [5, 5.41) is 10.1. The molecular weight excluding hydrogens is 469 g/mol. The van der Waals surface area contributed by atoms with Gasteiger partial charge in [-0.15, -0.1) is 0 Å². The summed E-state index contributed by atoms with van der Waals surface area (Å²) < 4.78 is 25.7. The lowest BCUT2D eigenvalue weighted by Gasteiger charge is -2.15. The quantitative estimate of drug-likeness (QED) is 0.260. The third-order valence-electron chi connectivity index (χ3n) is 4.20. The summed E-state index contributed by atoms with van der Waals surface area (Å²) in [7, 11) is 0. The van der Waals surface area contributed by atoms with Crippen LogP contribution >= 0.6 is 27.5 Å². The normalized spacial score (nSPS) is 11.1. The Labute approximate surface area is 188 Å². The molecule has 0 fully saturated rings. The van der Waals surface area contributed by atoms with Gasteiger partial charge in [0.2, 0.25) is 0 Å². The molecule has 0 aliphatic carbocycles. The molecule has 0 spiro atoms. The van der Waals surface area contributed by atoms with Gasteiger partial charge in [0.15, 0.2) is 11.5 Å². The molecule has 6 heteroatoms. The molecule has 0 aliphatic heterocycles. The van der Waals surface area contributed by atoms with Crippen LogP contribution in [0.2, 0.25) is 5.02 Å². The smallest absolute Gasteiger partial charge is 0.175 e. The van der Waals surface area contributed by atoms with Gasteiger partial charge in [0.25, 0.3) is 0 Å². The zero-order chi connectivity index (χ0) is 21.5. The van der Waals surface area contributed by atoms with Gasteiger partial charge in [-0.25, -0.2) is 4.39 Å². The third kappa shape index (κ3) is 5.41. The summed E-state index contributed by atoms with van der Waals surface area (Å²) in [6.45, 7) is 2.50. The maximum Gasteiger partial charge on any atom is 0.175 e. The van der Waals surface area contributed by atoms with Gasteiger partial charge in [-0.3, -0.25) is 0 Å². The van der Waals surface area contributed by atoms with Crippen LogP contribution < -0.4 is 9.47 Å². The van der Waals surface area contributed by atoms with Crippen molar-refractivity contribution in [2.45, 2.75) is 13.5 Å². The van der Waals surface area contributed by atoms with Crippen molar-refractivity contribution in [3.63, 3.8) is 0 Å². The minimum Gasteiger partial charge on any atom is -0.490 e. The van der Waals surface area contributed by atoms with E-state index in [1.807, 2.05) is 25.1 Å². The summed E-state index contributed by atoms with van der Waals surface area (Å²) in [5.41, 5.74) is 2.55. The van der Waals surface area contributed by atoms with Crippen LogP contribution in [0.15, 0.2) is 65.1 Å². The van der Waals surface area contributed by atoms with Gasteiger partial charge in [-0.2, -0.15) is 5.26 Å². The number of benzene rings is 3. The predicted octanol–water partition coefficient (Wildman–Crippen LogP) is 7.28. The van der Waals surface area contributed by atoms with Crippen LogP contribution in [-0.4, -0.2) is 6.61 Å². The molecule has 0 aliphatic rings. The van der Waals surface area contributed by atoms with E-state index in [1.54, 1.807) is 36.4 Å². The van der Waals surface area contributed by atoms with Crippen molar-refractivity contribution in [3.8, 4) is 17.6 Å². The zero-order valence-corrected chi connectivity index (χ0v) is 18.5. The van der Waals surface area contributed by atoms with Crippen molar-refractivity contribution in [2.75, 3.05) is 6.61 Å². The van der Waals surface area contributed by atoms with Gasteiger partial charge < -0.3 is 9.47 Å². The van der Waals surface area contributed by atoms with Crippen molar-refractivity contribution in [1.29, 1.82) is 5.26 Å². The maximum absolute atomic E-state index is 13.4. The topological polar surface area (TPSA) is 42.2 Å². The molecule has 3 aromatic carbocycles. The summed E-state index contributed by atoms with van der Waals surface area (Å²) >= 11 is 9.76. The summed E-state index contributed by atoms with van der Waals surface area (Å²) in [4.78, 5) is 0. The highest BCUT2D eigenvalue weighted by Crippen LogP contribution is 2.38. The highest BCUT2D eigenvalue weighted by atomic mass is 79.9. The maximum atomic E-state index is 13.4. The van der Waals surface area contributed by atoms with Gasteiger partial charge in [-0.05, 0) is 70.4 Å². The monoisotopic (exact) mass is 485 g/mol. The fourth-order valence-corrected chi connectivity index (χ4v) is 3.68. The van der Waals surface area contributed by atoms with E-state index in [0.29, 0.717) is 44.3 Å². The van der Waals surface area contributed by atoms with Crippen LogP contribution in [0.1, 0.15) is 23.6 Å². The Balaban J connectivity index is 1.94. The molecule has 0 saturated heterocycles. The van der Waals surface area contributed by atoms with Gasteiger partial charge in [0.05, 0.1) is 22.7 Å². The second-order valence-corrected chi connectivity index (χ2v) is 7.59. The third-order valence-corrected chi connectivity index (χ3v) is 5.12. The predicted molar refractivity (Wildman–Crippen MR) is 121 cm³/mol. The SMILES string of the molecule is CCOc1cc(C=C(C#N)c2ccccc2Cl)cc(Br)c1OCc1cccc(F)c1. The molecule has 0 N–H and O–H groups in total. The number of rotatable bonds is 7. The van der Waals surface area contributed by atoms with Crippen molar-refractivity contribution >= 4 is 39.2 Å². The van der Waals surface area contributed by atoms with Crippen LogP contribution in [0.3, 0.4) is 0 Å². The Bertz CT molecular complexity index is 1120. The van der Waals surface area contributed by atoms with E-state index in [1.165, 1.54) is 12.1 Å². The molecule has 3 nitrogen and oxygen atoms in total. The van der Waals surface area contributed by atoms with E-state index in [0.717, 1.165) is 5.56 Å². The highest BCUT2D eigenvalue weighted by molar-refractivity contribution is 9.10. The lowest BCUT2D eigenvalue weighted by molar-refractivity contribution is 0.267. The van der Waals surface area contributed by atoms with E-state index in [4.69, 9.17) is 21.1 Å². The number of nitrogens with zero attached hydrogens (tertiary/aromatic N) is 1. The number of hydrogen-bond acceptors (Lipinski definition) is 3. The van der Waals surface area contributed by atoms with Gasteiger partial charge in [-0.1, -0.05) is 41.9 Å². The average molecular weight is 487 g/mol. The van der Waals surface area contributed by atoms with Crippen LogP contribution in [0, 0.1) is 17.1 Å². The van der Waals surface area contributed by atoms with E-state index in [-0.39, 0.29) is 12.4 Å². The first-order valence-electron chi connectivity index (χ1n) is 9.22. The molecule has 0 radical (unpaired) electrons. The summed E-state index contributed by atoms with van der Waals surface area (Å²) in [6.07, 6.45) is 1.74. The number of hydrogen-bond donors (Lipinski definition) is 0. The molecule has 0 bridgehead atoms. The van der Waals surface area contributed by atoms with Crippen molar-refractivity contribution in [3.05, 3.63) is 92.7 Å². The fourth-order valence-electron chi connectivity index (χ4n) is 2.87. The second kappa shape index (κ2) is 10.3. The number of halogens is 3. The Kier molecular flexibility index (Phi) is 7.51. The zero-order valence-electron chi connectivity index (χ0n) is 16.2. The molecule has 0 heterocycles. The lowest BCUT2D eigenvalue weighted by Crippen LogP contribution is -2.01. The second-order valence-electron chi connectivity index (χ2n) is 6.33. The van der Waals surface area contributed by atoms with Crippen LogP contribution in [-0.2, 0) is 6.61 Å². The van der Waals surface area contributed by atoms with Crippen molar-refractivity contribution in [2.24, 2.45) is 0 Å². The van der Waals surface area contributed by atoms with Crippen LogP contribution in [0.5, 0.6) is 11.5 Å². The van der Waals surface area contributed by atoms with E-state index in [2.05, 4.69) is 22.0 Å². The summed E-state index contributed by atoms with van der Waals surface area (Å²) in [5.74, 6) is 0.713.